The highest BCUT2D eigenvalue weighted by Gasteiger charge is 2.31. The maximum atomic E-state index is 11.6. The van der Waals surface area contributed by atoms with E-state index in [1.54, 1.807) is 31.3 Å². The van der Waals surface area contributed by atoms with Crippen molar-refractivity contribution in [2.24, 2.45) is 11.8 Å². The molecule has 3 aromatic rings. The Morgan fingerprint density at radius 3 is 2.91 bits per heavy atom. The number of hydrogen-bond acceptors (Lipinski definition) is 7. The highest BCUT2D eigenvalue weighted by Crippen LogP contribution is 2.35. The summed E-state index contributed by atoms with van der Waals surface area (Å²) >= 11 is 1.78. The van der Waals surface area contributed by atoms with Crippen molar-refractivity contribution in [3.8, 4) is 5.75 Å². The molecule has 4 rings (SSSR count). The molecule has 1 aromatic carbocycles. The zero-order chi connectivity index (χ0) is 24.6. The van der Waals surface area contributed by atoms with Crippen LogP contribution in [-0.4, -0.2) is 63.5 Å². The van der Waals surface area contributed by atoms with Gasteiger partial charge in [-0.05, 0) is 79.6 Å². The molecule has 0 spiro atoms. The zero-order valence-electron chi connectivity index (χ0n) is 20.0. The lowest BCUT2D eigenvalue weighted by Gasteiger charge is -2.38. The van der Waals surface area contributed by atoms with E-state index < -0.39 is 12.1 Å². The van der Waals surface area contributed by atoms with E-state index in [0.717, 1.165) is 65.3 Å². The van der Waals surface area contributed by atoms with Crippen LogP contribution in [-0.2, 0) is 4.79 Å². The molecule has 8 heteroatoms. The number of thioether (sulfide) groups is 1. The number of nitrogens with zero attached hydrogens (tertiary/aromatic N) is 3. The number of carboxylic acid groups (broad SMARTS) is 1. The minimum atomic E-state index is -0.751. The van der Waals surface area contributed by atoms with Crippen molar-refractivity contribution in [2.45, 2.75) is 36.7 Å². The summed E-state index contributed by atoms with van der Waals surface area (Å²) in [6.07, 6.45) is 7.25. The van der Waals surface area contributed by atoms with Gasteiger partial charge >= 0.3 is 5.97 Å². The summed E-state index contributed by atoms with van der Waals surface area (Å²) in [5, 5.41) is 21.5. The minimum Gasteiger partial charge on any atom is -0.497 e. The van der Waals surface area contributed by atoms with Gasteiger partial charge in [0.2, 0.25) is 0 Å². The molecular weight excluding hydrogens is 462 g/mol. The van der Waals surface area contributed by atoms with E-state index in [2.05, 4.69) is 20.9 Å². The van der Waals surface area contributed by atoms with Crippen molar-refractivity contribution in [2.75, 3.05) is 32.5 Å². The van der Waals surface area contributed by atoms with Gasteiger partial charge in [0, 0.05) is 54.1 Å². The van der Waals surface area contributed by atoms with Gasteiger partial charge in [-0.2, -0.15) is 0 Å². The Morgan fingerprint density at radius 2 is 2.14 bits per heavy atom. The van der Waals surface area contributed by atoms with Gasteiger partial charge in [-0.1, -0.05) is 0 Å². The molecule has 0 amide bonds. The minimum absolute atomic E-state index is 0.0890. The molecule has 35 heavy (non-hydrogen) atoms. The number of rotatable bonds is 11. The first kappa shape index (κ1) is 25.4. The number of ether oxygens (including phenoxy) is 1. The molecular formula is C27H33N3O4S. The molecule has 1 fully saturated rings. The second-order valence-corrected chi connectivity index (χ2v) is 10.3. The van der Waals surface area contributed by atoms with Gasteiger partial charge in [0.05, 0.1) is 18.7 Å². The summed E-state index contributed by atoms with van der Waals surface area (Å²) in [6.45, 7) is 2.67. The average Bonchev–Trinajstić information content (AvgIpc) is 2.87. The Morgan fingerprint density at radius 1 is 1.26 bits per heavy atom. The highest BCUT2D eigenvalue weighted by molar-refractivity contribution is 7.99. The fourth-order valence-electron chi connectivity index (χ4n) is 5.01. The lowest BCUT2D eigenvalue weighted by atomic mass is 9.79. The SMILES string of the molecule is COc1ccc2nccc([C@@H](O)CC[C@@H]3CCN(CCSc4cccnc4)C[C@@H]3CC(=O)O)c2c1. The second-order valence-electron chi connectivity index (χ2n) is 9.12. The monoisotopic (exact) mass is 495 g/mol. The Balaban J connectivity index is 1.35. The molecule has 0 radical (unpaired) electrons. The maximum absolute atomic E-state index is 11.6. The summed E-state index contributed by atoms with van der Waals surface area (Å²) in [6, 6.07) is 11.5. The fourth-order valence-corrected chi connectivity index (χ4v) is 5.91. The van der Waals surface area contributed by atoms with Crippen LogP contribution in [0.2, 0.25) is 0 Å². The third-order valence-corrected chi connectivity index (χ3v) is 7.84. The number of piperidine rings is 1. The highest BCUT2D eigenvalue weighted by atomic mass is 32.2. The standard InChI is InChI=1S/C27H33N3O4S/c1-34-21-5-6-25-24(16-21)23(8-11-29-25)26(31)7-4-19-9-12-30(18-20(19)15-27(32)33)13-14-35-22-3-2-10-28-17-22/h2-3,5-6,8,10-11,16-17,19-20,26,31H,4,7,9,12-15,18H2,1H3,(H,32,33)/t19-,20+,26+/m1/s1. The van der Waals surface area contributed by atoms with E-state index in [4.69, 9.17) is 4.74 Å². The van der Waals surface area contributed by atoms with Crippen LogP contribution >= 0.6 is 11.8 Å². The molecule has 3 heterocycles. The first-order valence-electron chi connectivity index (χ1n) is 12.1. The van der Waals surface area contributed by atoms with Crippen LogP contribution < -0.4 is 4.74 Å². The number of hydrogen-bond donors (Lipinski definition) is 2. The maximum Gasteiger partial charge on any atom is 0.303 e. The largest absolute Gasteiger partial charge is 0.497 e. The van der Waals surface area contributed by atoms with Crippen LogP contribution in [0.25, 0.3) is 10.9 Å². The molecule has 186 valence electrons. The van der Waals surface area contributed by atoms with E-state index in [1.165, 1.54) is 0 Å². The number of benzene rings is 1. The van der Waals surface area contributed by atoms with Gasteiger partial charge in [-0.25, -0.2) is 0 Å². The fraction of sp³-hybridized carbons (Fsp3) is 0.444. The summed E-state index contributed by atoms with van der Waals surface area (Å²) in [4.78, 5) is 23.7. The van der Waals surface area contributed by atoms with Crippen molar-refractivity contribution in [1.29, 1.82) is 0 Å². The van der Waals surface area contributed by atoms with Gasteiger partial charge in [0.25, 0.3) is 0 Å². The Labute approximate surface area is 210 Å². The van der Waals surface area contributed by atoms with Crippen molar-refractivity contribution < 1.29 is 19.7 Å². The average molecular weight is 496 g/mol. The molecule has 0 unspecified atom stereocenters. The lowest BCUT2D eigenvalue weighted by Crippen LogP contribution is -2.42. The predicted molar refractivity (Wildman–Crippen MR) is 138 cm³/mol. The zero-order valence-corrected chi connectivity index (χ0v) is 20.9. The molecule has 7 nitrogen and oxygen atoms in total. The number of pyridine rings is 2. The van der Waals surface area contributed by atoms with Crippen LogP contribution in [0.5, 0.6) is 5.75 Å². The van der Waals surface area contributed by atoms with Gasteiger partial charge in [-0.15, -0.1) is 11.8 Å². The first-order valence-corrected chi connectivity index (χ1v) is 13.1. The third-order valence-electron chi connectivity index (χ3n) is 6.88. The number of carboxylic acids is 1. The van der Waals surface area contributed by atoms with Crippen LogP contribution in [0.3, 0.4) is 0 Å². The van der Waals surface area contributed by atoms with E-state index in [9.17, 15) is 15.0 Å². The van der Waals surface area contributed by atoms with E-state index >= 15 is 0 Å². The predicted octanol–water partition coefficient (Wildman–Crippen LogP) is 4.66. The topological polar surface area (TPSA) is 95.8 Å². The summed E-state index contributed by atoms with van der Waals surface area (Å²) in [5.41, 5.74) is 1.66. The van der Waals surface area contributed by atoms with Crippen LogP contribution in [0.15, 0.2) is 59.9 Å². The molecule has 1 saturated heterocycles. The van der Waals surface area contributed by atoms with Gasteiger partial charge in [0.15, 0.2) is 0 Å². The lowest BCUT2D eigenvalue weighted by molar-refractivity contribution is -0.139. The second kappa shape index (κ2) is 12.3. The number of aromatic nitrogens is 2. The van der Waals surface area contributed by atoms with Crippen LogP contribution in [0.1, 0.15) is 37.4 Å². The van der Waals surface area contributed by atoms with Crippen molar-refractivity contribution in [3.63, 3.8) is 0 Å². The number of likely N-dealkylation sites (tertiary alicyclic amines) is 1. The number of carbonyl (C=O) groups is 1. The smallest absolute Gasteiger partial charge is 0.303 e. The van der Waals surface area contributed by atoms with Crippen LogP contribution in [0.4, 0.5) is 0 Å². The molecule has 2 N–H and O–H groups in total. The Hall–Kier alpha value is -2.68. The molecule has 0 saturated carbocycles. The van der Waals surface area contributed by atoms with E-state index in [1.807, 2.05) is 36.5 Å². The molecule has 1 aliphatic heterocycles. The number of aliphatic carboxylic acids is 1. The number of aliphatic hydroxyl groups is 1. The first-order chi connectivity index (χ1) is 17.0. The Bertz CT molecular complexity index is 1110. The molecule has 3 atom stereocenters. The van der Waals surface area contributed by atoms with Crippen molar-refractivity contribution in [1.82, 2.24) is 14.9 Å². The normalized spacial score (nSPS) is 19.5. The summed E-state index contributed by atoms with van der Waals surface area (Å²) < 4.78 is 5.35. The number of methoxy groups -OCH3 is 1. The van der Waals surface area contributed by atoms with Gasteiger partial charge < -0.3 is 19.8 Å². The summed E-state index contributed by atoms with van der Waals surface area (Å²) in [7, 11) is 1.63. The molecule has 0 aliphatic carbocycles. The quantitative estimate of drug-likeness (QED) is 0.371. The van der Waals surface area contributed by atoms with Gasteiger partial charge in [0.1, 0.15) is 5.75 Å². The molecule has 1 aliphatic rings. The van der Waals surface area contributed by atoms with Crippen molar-refractivity contribution in [3.05, 3.63) is 60.6 Å². The number of aliphatic hydroxyl groups excluding tert-OH is 1. The van der Waals surface area contributed by atoms with Crippen LogP contribution in [0, 0.1) is 11.8 Å². The van der Waals surface area contributed by atoms with E-state index in [-0.39, 0.29) is 18.3 Å². The Kier molecular flexibility index (Phi) is 8.95. The number of fused-ring (bicyclic) bond motifs is 1. The molecule has 2 aromatic heterocycles. The summed E-state index contributed by atoms with van der Waals surface area (Å²) in [5.74, 6) is 1.30. The molecule has 0 bridgehead atoms. The van der Waals surface area contributed by atoms with Crippen molar-refractivity contribution >= 4 is 28.6 Å². The van der Waals surface area contributed by atoms with E-state index in [0.29, 0.717) is 6.42 Å². The van der Waals surface area contributed by atoms with Gasteiger partial charge in [-0.3, -0.25) is 14.8 Å². The third kappa shape index (κ3) is 6.93.